The van der Waals surface area contributed by atoms with Crippen molar-refractivity contribution < 1.29 is 4.74 Å². The van der Waals surface area contributed by atoms with Gasteiger partial charge >= 0.3 is 0 Å². The first-order valence-electron chi connectivity index (χ1n) is 5.84. The van der Waals surface area contributed by atoms with Crippen molar-refractivity contribution in [1.29, 1.82) is 0 Å². The Kier molecular flexibility index (Phi) is 4.40. The van der Waals surface area contributed by atoms with Gasteiger partial charge in [0, 0.05) is 15.7 Å². The molecule has 0 saturated heterocycles. The molecule has 0 fully saturated rings. The van der Waals surface area contributed by atoms with E-state index in [1.54, 1.807) is 18.2 Å². The molecule has 0 radical (unpaired) electrons. The first kappa shape index (κ1) is 13.8. The molecule has 2 aromatic rings. The monoisotopic (exact) mass is 296 g/mol. The molecule has 0 heterocycles. The molecule has 0 aromatic heterocycles. The SMILES string of the molecule is CCOc1cccc(Nc2cc(Cl)cc(Cl)c2)c1N. The fourth-order valence-electron chi connectivity index (χ4n) is 1.72. The Morgan fingerprint density at radius 3 is 2.47 bits per heavy atom. The lowest BCUT2D eigenvalue weighted by molar-refractivity contribution is 0.342. The van der Waals surface area contributed by atoms with Crippen molar-refractivity contribution in [3.63, 3.8) is 0 Å². The van der Waals surface area contributed by atoms with Gasteiger partial charge in [-0.15, -0.1) is 0 Å². The molecular formula is C14H14Cl2N2O. The van der Waals surface area contributed by atoms with E-state index in [1.807, 2.05) is 25.1 Å². The Morgan fingerprint density at radius 2 is 1.84 bits per heavy atom. The van der Waals surface area contributed by atoms with Crippen LogP contribution in [0.15, 0.2) is 36.4 Å². The van der Waals surface area contributed by atoms with Gasteiger partial charge in [-0.05, 0) is 37.3 Å². The van der Waals surface area contributed by atoms with Gasteiger partial charge in [0.2, 0.25) is 0 Å². The van der Waals surface area contributed by atoms with Crippen molar-refractivity contribution in [2.24, 2.45) is 0 Å². The predicted molar refractivity (Wildman–Crippen MR) is 81.8 cm³/mol. The molecule has 2 aromatic carbocycles. The minimum atomic E-state index is 0.556. The van der Waals surface area contributed by atoms with Crippen LogP contribution in [0.1, 0.15) is 6.92 Å². The van der Waals surface area contributed by atoms with E-state index in [0.29, 0.717) is 28.1 Å². The van der Waals surface area contributed by atoms with Crippen LogP contribution >= 0.6 is 23.2 Å². The topological polar surface area (TPSA) is 47.3 Å². The van der Waals surface area contributed by atoms with Gasteiger partial charge in [-0.25, -0.2) is 0 Å². The smallest absolute Gasteiger partial charge is 0.144 e. The second-order valence-corrected chi connectivity index (χ2v) is 4.81. The Hall–Kier alpha value is -1.58. The molecule has 0 aliphatic rings. The molecule has 0 saturated carbocycles. The molecule has 0 unspecified atom stereocenters. The highest BCUT2D eigenvalue weighted by atomic mass is 35.5. The first-order chi connectivity index (χ1) is 9.10. The Labute approximate surface area is 122 Å². The van der Waals surface area contributed by atoms with Gasteiger partial charge in [0.05, 0.1) is 18.0 Å². The zero-order chi connectivity index (χ0) is 13.8. The number of anilines is 3. The van der Waals surface area contributed by atoms with Gasteiger partial charge in [-0.2, -0.15) is 0 Å². The summed E-state index contributed by atoms with van der Waals surface area (Å²) >= 11 is 11.9. The lowest BCUT2D eigenvalue weighted by atomic mass is 10.2. The minimum Gasteiger partial charge on any atom is -0.492 e. The second-order valence-electron chi connectivity index (χ2n) is 3.93. The summed E-state index contributed by atoms with van der Waals surface area (Å²) in [5, 5.41) is 4.31. The summed E-state index contributed by atoms with van der Waals surface area (Å²) < 4.78 is 5.45. The van der Waals surface area contributed by atoms with Crippen LogP contribution in [-0.4, -0.2) is 6.61 Å². The summed E-state index contributed by atoms with van der Waals surface area (Å²) in [5.41, 5.74) is 8.13. The van der Waals surface area contributed by atoms with Crippen molar-refractivity contribution in [2.75, 3.05) is 17.7 Å². The maximum absolute atomic E-state index is 6.04. The molecule has 0 aliphatic heterocycles. The molecule has 0 spiro atoms. The van der Waals surface area contributed by atoms with E-state index in [-0.39, 0.29) is 0 Å². The number of nitrogens with one attached hydrogen (secondary N) is 1. The quantitative estimate of drug-likeness (QED) is 0.803. The lowest BCUT2D eigenvalue weighted by Crippen LogP contribution is -2.01. The van der Waals surface area contributed by atoms with E-state index in [9.17, 15) is 0 Å². The molecule has 3 nitrogen and oxygen atoms in total. The van der Waals surface area contributed by atoms with Crippen molar-refractivity contribution in [3.05, 3.63) is 46.4 Å². The van der Waals surface area contributed by atoms with Crippen LogP contribution < -0.4 is 15.8 Å². The number of benzene rings is 2. The third-order valence-corrected chi connectivity index (χ3v) is 2.94. The van der Waals surface area contributed by atoms with Crippen molar-refractivity contribution in [1.82, 2.24) is 0 Å². The van der Waals surface area contributed by atoms with E-state index >= 15 is 0 Å². The highest BCUT2D eigenvalue weighted by molar-refractivity contribution is 6.35. The van der Waals surface area contributed by atoms with Gasteiger partial charge in [0.1, 0.15) is 5.75 Å². The fourth-order valence-corrected chi connectivity index (χ4v) is 2.24. The van der Waals surface area contributed by atoms with Crippen LogP contribution in [0.4, 0.5) is 17.1 Å². The molecule has 0 amide bonds. The van der Waals surface area contributed by atoms with E-state index in [1.165, 1.54) is 0 Å². The van der Waals surface area contributed by atoms with Crippen molar-refractivity contribution in [2.45, 2.75) is 6.92 Å². The second kappa shape index (κ2) is 6.04. The number of nitrogen functional groups attached to an aromatic ring is 1. The number of halogens is 2. The zero-order valence-corrected chi connectivity index (χ0v) is 11.9. The largest absolute Gasteiger partial charge is 0.492 e. The van der Waals surface area contributed by atoms with Crippen LogP contribution in [-0.2, 0) is 0 Å². The number of hydrogen-bond donors (Lipinski definition) is 2. The minimum absolute atomic E-state index is 0.556. The summed E-state index contributed by atoms with van der Waals surface area (Å²) in [6.07, 6.45) is 0. The van der Waals surface area contributed by atoms with Crippen LogP contribution in [0.3, 0.4) is 0 Å². The van der Waals surface area contributed by atoms with Crippen LogP contribution in [0.2, 0.25) is 10.0 Å². The number of nitrogens with two attached hydrogens (primary N) is 1. The van der Waals surface area contributed by atoms with E-state index in [2.05, 4.69) is 5.32 Å². The first-order valence-corrected chi connectivity index (χ1v) is 6.60. The Bertz CT molecular complexity index is 567. The van der Waals surface area contributed by atoms with Crippen molar-refractivity contribution in [3.8, 4) is 5.75 Å². The molecule has 0 bridgehead atoms. The average Bonchev–Trinajstić information content (AvgIpc) is 2.33. The molecule has 0 aliphatic carbocycles. The number of hydrogen-bond acceptors (Lipinski definition) is 3. The van der Waals surface area contributed by atoms with Crippen LogP contribution in [0.25, 0.3) is 0 Å². The standard InChI is InChI=1S/C14H14Cl2N2O/c1-2-19-13-5-3-4-12(14(13)17)18-11-7-9(15)6-10(16)8-11/h3-8,18H,2,17H2,1H3. The average molecular weight is 297 g/mol. The van der Waals surface area contributed by atoms with E-state index in [0.717, 1.165) is 11.4 Å². The summed E-state index contributed by atoms with van der Waals surface area (Å²) in [7, 11) is 0. The van der Waals surface area contributed by atoms with E-state index < -0.39 is 0 Å². The normalized spacial score (nSPS) is 10.3. The maximum Gasteiger partial charge on any atom is 0.144 e. The predicted octanol–water partition coefficient (Wildman–Crippen LogP) is 4.72. The summed E-state index contributed by atoms with van der Waals surface area (Å²) in [6, 6.07) is 10.8. The molecular weight excluding hydrogens is 283 g/mol. The third kappa shape index (κ3) is 3.46. The number of para-hydroxylation sites is 1. The van der Waals surface area contributed by atoms with Crippen LogP contribution in [0, 0.1) is 0 Å². The van der Waals surface area contributed by atoms with Gasteiger partial charge in [0.25, 0.3) is 0 Å². The molecule has 5 heteroatoms. The maximum atomic E-state index is 6.04. The molecule has 100 valence electrons. The fraction of sp³-hybridized carbons (Fsp3) is 0.143. The third-order valence-electron chi connectivity index (χ3n) is 2.51. The van der Waals surface area contributed by atoms with Crippen molar-refractivity contribution >= 4 is 40.3 Å². The van der Waals surface area contributed by atoms with Crippen LogP contribution in [0.5, 0.6) is 5.75 Å². The Balaban J connectivity index is 2.30. The summed E-state index contributed by atoms with van der Waals surface area (Å²) in [4.78, 5) is 0. The molecule has 0 atom stereocenters. The number of rotatable bonds is 4. The van der Waals surface area contributed by atoms with Gasteiger partial charge in [-0.3, -0.25) is 0 Å². The highest BCUT2D eigenvalue weighted by Crippen LogP contribution is 2.33. The van der Waals surface area contributed by atoms with Gasteiger partial charge < -0.3 is 15.8 Å². The zero-order valence-electron chi connectivity index (χ0n) is 10.4. The van der Waals surface area contributed by atoms with Gasteiger partial charge in [0.15, 0.2) is 0 Å². The number of ether oxygens (including phenoxy) is 1. The van der Waals surface area contributed by atoms with E-state index in [4.69, 9.17) is 33.7 Å². The molecule has 19 heavy (non-hydrogen) atoms. The molecule has 3 N–H and O–H groups in total. The summed E-state index contributed by atoms with van der Waals surface area (Å²) in [5.74, 6) is 0.653. The highest BCUT2D eigenvalue weighted by Gasteiger charge is 2.06. The van der Waals surface area contributed by atoms with Gasteiger partial charge in [-0.1, -0.05) is 29.3 Å². The molecule has 2 rings (SSSR count). The Morgan fingerprint density at radius 1 is 1.16 bits per heavy atom. The lowest BCUT2D eigenvalue weighted by Gasteiger charge is -2.13. The summed E-state index contributed by atoms with van der Waals surface area (Å²) in [6.45, 7) is 2.48.